The van der Waals surface area contributed by atoms with E-state index in [4.69, 9.17) is 10.5 Å². The topological polar surface area (TPSA) is 98.5 Å². The third kappa shape index (κ3) is 6.75. The molecule has 1 unspecified atom stereocenters. The van der Waals surface area contributed by atoms with Crippen LogP contribution in [0.4, 0.5) is 0 Å². The maximum absolute atomic E-state index is 12.4. The van der Waals surface area contributed by atoms with Gasteiger partial charge >= 0.3 is 0 Å². The van der Waals surface area contributed by atoms with Crippen LogP contribution in [-0.2, 0) is 24.8 Å². The van der Waals surface area contributed by atoms with Crippen molar-refractivity contribution in [1.29, 1.82) is 0 Å². The van der Waals surface area contributed by atoms with E-state index < -0.39 is 15.9 Å². The molecule has 27 heavy (non-hydrogen) atoms. The molecule has 6 nitrogen and oxygen atoms in total. The van der Waals surface area contributed by atoms with Crippen LogP contribution >= 0.6 is 12.4 Å². The van der Waals surface area contributed by atoms with Crippen molar-refractivity contribution in [3.8, 4) is 0 Å². The first kappa shape index (κ1) is 23.9. The van der Waals surface area contributed by atoms with Crippen molar-refractivity contribution in [2.75, 3.05) is 25.5 Å². The van der Waals surface area contributed by atoms with E-state index in [1.165, 1.54) is 0 Å². The van der Waals surface area contributed by atoms with Crippen LogP contribution in [0.25, 0.3) is 0 Å². The molecule has 0 aliphatic carbocycles. The highest BCUT2D eigenvalue weighted by Crippen LogP contribution is 2.23. The molecule has 0 aromatic heterocycles. The Kier molecular flexibility index (Phi) is 8.73. The number of halogens is 1. The summed E-state index contributed by atoms with van der Waals surface area (Å²) in [4.78, 5) is 12.4. The lowest BCUT2D eigenvalue weighted by Gasteiger charge is -2.26. The van der Waals surface area contributed by atoms with Crippen molar-refractivity contribution >= 4 is 28.2 Å². The van der Waals surface area contributed by atoms with Gasteiger partial charge in [0.2, 0.25) is 5.91 Å². The van der Waals surface area contributed by atoms with Gasteiger partial charge in [-0.1, -0.05) is 32.9 Å². The Balaban J connectivity index is 0.00000364. The molecular weight excluding hydrogens is 388 g/mol. The Bertz CT molecular complexity index is 708. The molecule has 1 heterocycles. The maximum atomic E-state index is 12.4. The van der Waals surface area contributed by atoms with Crippen LogP contribution in [0.3, 0.4) is 0 Å². The van der Waals surface area contributed by atoms with Crippen LogP contribution in [0.5, 0.6) is 0 Å². The Morgan fingerprint density at radius 3 is 2.30 bits per heavy atom. The van der Waals surface area contributed by atoms with Gasteiger partial charge in [-0.3, -0.25) is 4.79 Å². The zero-order valence-electron chi connectivity index (χ0n) is 16.2. The summed E-state index contributed by atoms with van der Waals surface area (Å²) in [5.74, 6) is -0.353. The largest absolute Gasteiger partial charge is 0.381 e. The molecule has 8 heteroatoms. The van der Waals surface area contributed by atoms with E-state index in [0.29, 0.717) is 13.2 Å². The highest BCUT2D eigenvalue weighted by atomic mass is 35.5. The third-order valence-electron chi connectivity index (χ3n) is 4.83. The molecule has 0 radical (unpaired) electrons. The molecule has 1 aromatic rings. The molecule has 0 bridgehead atoms. The number of ether oxygens (including phenoxy) is 1. The lowest BCUT2D eigenvalue weighted by atomic mass is 9.87. The van der Waals surface area contributed by atoms with Crippen LogP contribution in [-0.4, -0.2) is 45.9 Å². The van der Waals surface area contributed by atoms with Gasteiger partial charge in [0.05, 0.1) is 16.7 Å². The predicted octanol–water partition coefficient (Wildman–Crippen LogP) is 2.05. The molecule has 154 valence electrons. The summed E-state index contributed by atoms with van der Waals surface area (Å²) < 4.78 is 30.2. The molecule has 0 saturated carbocycles. The van der Waals surface area contributed by atoms with E-state index in [1.807, 2.05) is 12.1 Å². The Morgan fingerprint density at radius 1 is 1.22 bits per heavy atom. The van der Waals surface area contributed by atoms with Crippen molar-refractivity contribution in [2.24, 2.45) is 11.7 Å². The third-order valence-corrected chi connectivity index (χ3v) is 6.56. The van der Waals surface area contributed by atoms with Gasteiger partial charge < -0.3 is 15.8 Å². The van der Waals surface area contributed by atoms with Crippen LogP contribution in [0, 0.1) is 5.92 Å². The summed E-state index contributed by atoms with van der Waals surface area (Å²) in [5.41, 5.74) is 7.04. The van der Waals surface area contributed by atoms with Crippen molar-refractivity contribution < 1.29 is 17.9 Å². The first-order valence-electron chi connectivity index (χ1n) is 9.05. The number of sulfone groups is 1. The number of amides is 1. The molecule has 1 atom stereocenters. The van der Waals surface area contributed by atoms with Gasteiger partial charge in [-0.15, -0.1) is 12.4 Å². The molecule has 0 spiro atoms. The molecule has 1 aliphatic rings. The number of carbonyl (C=O) groups excluding carboxylic acids is 1. The van der Waals surface area contributed by atoms with E-state index in [2.05, 4.69) is 26.1 Å². The fraction of sp³-hybridized carbons (Fsp3) is 0.632. The standard InChI is InChI=1S/C19H30N2O4S.ClH/c1-19(2,3)15-4-6-16(7-5-15)26(23,24)13-10-21-18(22)17(20)14-8-11-25-12-9-14;/h4-7,14,17H,8-13,20H2,1-3H3,(H,21,22);1H. The second-order valence-corrected chi connectivity index (χ2v) is 9.97. The summed E-state index contributed by atoms with van der Waals surface area (Å²) in [6.07, 6.45) is 1.51. The molecule has 1 saturated heterocycles. The summed E-state index contributed by atoms with van der Waals surface area (Å²) in [7, 11) is -3.44. The minimum absolute atomic E-state index is 0. The minimum Gasteiger partial charge on any atom is -0.381 e. The fourth-order valence-corrected chi connectivity index (χ4v) is 4.15. The summed E-state index contributed by atoms with van der Waals surface area (Å²) in [5, 5.41) is 2.66. The van der Waals surface area contributed by atoms with E-state index in [-0.39, 0.29) is 46.8 Å². The van der Waals surface area contributed by atoms with Gasteiger partial charge in [0.25, 0.3) is 0 Å². The van der Waals surface area contributed by atoms with Crippen LogP contribution in [0.15, 0.2) is 29.2 Å². The SMILES string of the molecule is CC(C)(C)c1ccc(S(=O)(=O)CCNC(=O)C(N)C2CCOCC2)cc1.Cl. The number of hydrogen-bond acceptors (Lipinski definition) is 5. The number of benzene rings is 1. The number of carbonyl (C=O) groups is 1. The quantitative estimate of drug-likeness (QED) is 0.736. The fourth-order valence-electron chi connectivity index (χ4n) is 3.00. The number of rotatable bonds is 6. The maximum Gasteiger partial charge on any atom is 0.237 e. The first-order chi connectivity index (χ1) is 12.1. The van der Waals surface area contributed by atoms with Crippen molar-refractivity contribution in [1.82, 2.24) is 5.32 Å². The van der Waals surface area contributed by atoms with Crippen molar-refractivity contribution in [3.63, 3.8) is 0 Å². The zero-order chi connectivity index (χ0) is 19.4. The summed E-state index contributed by atoms with van der Waals surface area (Å²) >= 11 is 0. The van der Waals surface area contributed by atoms with Crippen molar-refractivity contribution in [3.05, 3.63) is 29.8 Å². The molecule has 1 amide bonds. The Morgan fingerprint density at radius 2 is 1.78 bits per heavy atom. The van der Waals surface area contributed by atoms with Gasteiger partial charge in [0.15, 0.2) is 9.84 Å². The minimum atomic E-state index is -3.44. The Hall–Kier alpha value is -1.15. The first-order valence-corrected chi connectivity index (χ1v) is 10.7. The average Bonchev–Trinajstić information content (AvgIpc) is 2.61. The summed E-state index contributed by atoms with van der Waals surface area (Å²) in [6, 6.07) is 6.32. The second-order valence-electron chi connectivity index (χ2n) is 7.86. The van der Waals surface area contributed by atoms with Gasteiger partial charge in [-0.05, 0) is 41.9 Å². The summed E-state index contributed by atoms with van der Waals surface area (Å²) in [6.45, 7) is 7.52. The van der Waals surface area contributed by atoms with Crippen LogP contribution < -0.4 is 11.1 Å². The van der Waals surface area contributed by atoms with Gasteiger partial charge in [-0.2, -0.15) is 0 Å². The highest BCUT2D eigenvalue weighted by Gasteiger charge is 2.26. The average molecular weight is 419 g/mol. The lowest BCUT2D eigenvalue weighted by Crippen LogP contribution is -2.48. The molecule has 1 aromatic carbocycles. The molecule has 3 N–H and O–H groups in total. The zero-order valence-corrected chi connectivity index (χ0v) is 17.9. The monoisotopic (exact) mass is 418 g/mol. The van der Waals surface area contributed by atoms with Crippen LogP contribution in [0.2, 0.25) is 0 Å². The normalized spacial score (nSPS) is 17.0. The molecule has 2 rings (SSSR count). The molecular formula is C19H31ClN2O4S. The van der Waals surface area contributed by atoms with Gasteiger partial charge in [-0.25, -0.2) is 8.42 Å². The predicted molar refractivity (Wildman–Crippen MR) is 109 cm³/mol. The van der Waals surface area contributed by atoms with Crippen LogP contribution in [0.1, 0.15) is 39.2 Å². The smallest absolute Gasteiger partial charge is 0.237 e. The number of hydrogen-bond donors (Lipinski definition) is 2. The molecule has 1 aliphatic heterocycles. The highest BCUT2D eigenvalue weighted by molar-refractivity contribution is 7.91. The van der Waals surface area contributed by atoms with E-state index in [9.17, 15) is 13.2 Å². The lowest BCUT2D eigenvalue weighted by molar-refractivity contribution is -0.124. The van der Waals surface area contributed by atoms with E-state index in [1.54, 1.807) is 12.1 Å². The van der Waals surface area contributed by atoms with E-state index in [0.717, 1.165) is 18.4 Å². The number of nitrogens with one attached hydrogen (secondary N) is 1. The molecule has 1 fully saturated rings. The van der Waals surface area contributed by atoms with Crippen molar-refractivity contribution in [2.45, 2.75) is 50.0 Å². The Labute approximate surface area is 168 Å². The van der Waals surface area contributed by atoms with E-state index >= 15 is 0 Å². The van der Waals surface area contributed by atoms with Gasteiger partial charge in [0, 0.05) is 19.8 Å². The second kappa shape index (κ2) is 9.87. The van der Waals surface area contributed by atoms with Gasteiger partial charge in [0.1, 0.15) is 0 Å². The number of nitrogens with two attached hydrogens (primary N) is 1.